The summed E-state index contributed by atoms with van der Waals surface area (Å²) in [6, 6.07) is 2.38. The van der Waals surface area contributed by atoms with Crippen molar-refractivity contribution in [2.75, 3.05) is 25.5 Å². The van der Waals surface area contributed by atoms with Crippen LogP contribution in [-0.4, -0.2) is 42.2 Å². The fraction of sp³-hybridized carbons (Fsp3) is 0.429. The van der Waals surface area contributed by atoms with E-state index in [-0.39, 0.29) is 22.4 Å². The summed E-state index contributed by atoms with van der Waals surface area (Å²) < 4.78 is 5.01. The third-order valence-corrected chi connectivity index (χ3v) is 3.24. The van der Waals surface area contributed by atoms with Crippen molar-refractivity contribution in [2.45, 2.75) is 20.3 Å². The van der Waals surface area contributed by atoms with Gasteiger partial charge in [-0.15, -0.1) is 0 Å². The summed E-state index contributed by atoms with van der Waals surface area (Å²) in [5.41, 5.74) is 0.263. The number of urea groups is 1. The maximum atomic E-state index is 12.1. The Hall–Kier alpha value is -1.95. The number of hydrogen-bond acceptors (Lipinski definition) is 3. The summed E-state index contributed by atoms with van der Waals surface area (Å²) in [7, 11) is 1.36. The van der Waals surface area contributed by atoms with E-state index in [1.165, 1.54) is 19.2 Å². The van der Waals surface area contributed by atoms with Crippen LogP contribution in [0.15, 0.2) is 12.1 Å². The zero-order valence-electron chi connectivity index (χ0n) is 12.3. The summed E-state index contributed by atoms with van der Waals surface area (Å²) in [6.07, 6.45) is 0.844. The normalized spacial score (nSPS) is 10.1. The van der Waals surface area contributed by atoms with Gasteiger partial charge in [0.05, 0.1) is 17.8 Å². The molecular formula is C14H19ClN2O4. The average Bonchev–Trinajstić information content (AvgIpc) is 2.45. The van der Waals surface area contributed by atoms with Gasteiger partial charge in [-0.1, -0.05) is 18.5 Å². The fourth-order valence-electron chi connectivity index (χ4n) is 1.85. The highest BCUT2D eigenvalue weighted by molar-refractivity contribution is 6.34. The Labute approximate surface area is 128 Å². The number of nitrogens with zero attached hydrogens (tertiary/aromatic N) is 1. The lowest BCUT2D eigenvalue weighted by Crippen LogP contribution is -2.35. The molecule has 6 nitrogen and oxygen atoms in total. The number of carbonyl (C=O) groups excluding carboxylic acids is 1. The quantitative estimate of drug-likeness (QED) is 0.844. The Balaban J connectivity index is 3.03. The lowest BCUT2D eigenvalue weighted by molar-refractivity contribution is 0.0693. The Morgan fingerprint density at radius 1 is 1.38 bits per heavy atom. The molecule has 21 heavy (non-hydrogen) atoms. The molecule has 0 saturated carbocycles. The second kappa shape index (κ2) is 7.73. The van der Waals surface area contributed by atoms with E-state index < -0.39 is 5.97 Å². The molecule has 7 heteroatoms. The number of anilines is 1. The number of carboxylic acids is 1. The number of methoxy groups -OCH3 is 1. The Kier molecular flexibility index (Phi) is 6.30. The van der Waals surface area contributed by atoms with Crippen molar-refractivity contribution in [1.29, 1.82) is 0 Å². The molecule has 1 aromatic carbocycles. The van der Waals surface area contributed by atoms with Gasteiger partial charge in [0.2, 0.25) is 0 Å². The van der Waals surface area contributed by atoms with Crippen LogP contribution in [0, 0.1) is 0 Å². The molecule has 0 aliphatic carbocycles. The number of rotatable bonds is 6. The van der Waals surface area contributed by atoms with Crippen molar-refractivity contribution in [3.05, 3.63) is 22.7 Å². The van der Waals surface area contributed by atoms with E-state index in [4.69, 9.17) is 21.4 Å². The van der Waals surface area contributed by atoms with Gasteiger partial charge in [-0.25, -0.2) is 9.59 Å². The molecule has 0 bridgehead atoms. The van der Waals surface area contributed by atoms with E-state index in [2.05, 4.69) is 5.32 Å². The predicted octanol–water partition coefficient (Wildman–Crippen LogP) is 3.31. The lowest BCUT2D eigenvalue weighted by Gasteiger charge is -2.21. The molecule has 0 aliphatic heterocycles. The van der Waals surface area contributed by atoms with Gasteiger partial charge in [-0.05, 0) is 19.4 Å². The van der Waals surface area contributed by atoms with Crippen molar-refractivity contribution < 1.29 is 19.4 Å². The maximum Gasteiger partial charge on any atom is 0.339 e. The van der Waals surface area contributed by atoms with E-state index >= 15 is 0 Å². The Morgan fingerprint density at radius 2 is 2.05 bits per heavy atom. The SMILES string of the molecule is CCCN(CC)C(=O)Nc1cc(OC)c(C(=O)O)cc1Cl. The molecule has 0 heterocycles. The standard InChI is InChI=1S/C14H19ClN2O4/c1-4-6-17(5-2)14(20)16-11-8-12(21-3)9(13(18)19)7-10(11)15/h7-8H,4-6H2,1-3H3,(H,16,20)(H,18,19). The molecular weight excluding hydrogens is 296 g/mol. The number of benzene rings is 1. The van der Waals surface area contributed by atoms with Gasteiger partial charge in [0.1, 0.15) is 11.3 Å². The van der Waals surface area contributed by atoms with Crippen LogP contribution in [0.1, 0.15) is 30.6 Å². The first-order chi connectivity index (χ1) is 9.94. The highest BCUT2D eigenvalue weighted by atomic mass is 35.5. The molecule has 0 atom stereocenters. The molecule has 0 aromatic heterocycles. The highest BCUT2D eigenvalue weighted by Gasteiger charge is 2.17. The van der Waals surface area contributed by atoms with Gasteiger partial charge in [-0.3, -0.25) is 0 Å². The number of ether oxygens (including phenoxy) is 1. The van der Waals surface area contributed by atoms with Crippen LogP contribution in [0.3, 0.4) is 0 Å². The smallest absolute Gasteiger partial charge is 0.339 e. The number of amides is 2. The highest BCUT2D eigenvalue weighted by Crippen LogP contribution is 2.31. The molecule has 0 spiro atoms. The van der Waals surface area contributed by atoms with E-state index in [9.17, 15) is 9.59 Å². The minimum atomic E-state index is -1.15. The molecule has 0 radical (unpaired) electrons. The Bertz CT molecular complexity index is 534. The second-order valence-corrected chi connectivity index (χ2v) is 4.75. The summed E-state index contributed by atoms with van der Waals surface area (Å²) >= 11 is 6.02. The average molecular weight is 315 g/mol. The third-order valence-electron chi connectivity index (χ3n) is 2.92. The van der Waals surface area contributed by atoms with Gasteiger partial charge in [-0.2, -0.15) is 0 Å². The van der Waals surface area contributed by atoms with Crippen molar-refractivity contribution in [3.63, 3.8) is 0 Å². The summed E-state index contributed by atoms with van der Waals surface area (Å²) in [5.74, 6) is -1.01. The number of halogens is 1. The minimum Gasteiger partial charge on any atom is -0.496 e. The van der Waals surface area contributed by atoms with Crippen LogP contribution in [0.25, 0.3) is 0 Å². The predicted molar refractivity (Wildman–Crippen MR) is 81.5 cm³/mol. The summed E-state index contributed by atoms with van der Waals surface area (Å²) in [5, 5.41) is 11.9. The minimum absolute atomic E-state index is 0.0543. The fourth-order valence-corrected chi connectivity index (χ4v) is 2.06. The van der Waals surface area contributed by atoms with Crippen LogP contribution < -0.4 is 10.1 Å². The monoisotopic (exact) mass is 314 g/mol. The number of carboxylic acid groups (broad SMARTS) is 1. The van der Waals surface area contributed by atoms with Crippen LogP contribution in [0.5, 0.6) is 5.75 Å². The van der Waals surface area contributed by atoms with Crippen LogP contribution >= 0.6 is 11.6 Å². The van der Waals surface area contributed by atoms with E-state index in [0.29, 0.717) is 18.8 Å². The summed E-state index contributed by atoms with van der Waals surface area (Å²) in [6.45, 7) is 5.06. The van der Waals surface area contributed by atoms with Crippen LogP contribution in [-0.2, 0) is 0 Å². The van der Waals surface area contributed by atoms with E-state index in [1.54, 1.807) is 4.90 Å². The van der Waals surface area contributed by atoms with Gasteiger partial charge >= 0.3 is 12.0 Å². The molecule has 116 valence electrons. The van der Waals surface area contributed by atoms with Gasteiger partial charge in [0.15, 0.2) is 0 Å². The molecule has 2 N–H and O–H groups in total. The van der Waals surface area contributed by atoms with Gasteiger partial charge in [0.25, 0.3) is 0 Å². The van der Waals surface area contributed by atoms with Gasteiger partial charge in [0, 0.05) is 19.2 Å². The maximum absolute atomic E-state index is 12.1. The first-order valence-electron chi connectivity index (χ1n) is 6.61. The molecule has 1 rings (SSSR count). The third kappa shape index (κ3) is 4.26. The van der Waals surface area contributed by atoms with E-state index in [1.807, 2.05) is 13.8 Å². The molecule has 1 aromatic rings. The van der Waals surface area contributed by atoms with Crippen molar-refractivity contribution in [1.82, 2.24) is 4.90 Å². The van der Waals surface area contributed by atoms with E-state index in [0.717, 1.165) is 6.42 Å². The van der Waals surface area contributed by atoms with Crippen LogP contribution in [0.2, 0.25) is 5.02 Å². The van der Waals surface area contributed by atoms with Crippen molar-refractivity contribution >= 4 is 29.3 Å². The lowest BCUT2D eigenvalue weighted by atomic mass is 10.2. The largest absolute Gasteiger partial charge is 0.496 e. The summed E-state index contributed by atoms with van der Waals surface area (Å²) in [4.78, 5) is 24.8. The molecule has 0 saturated heterocycles. The second-order valence-electron chi connectivity index (χ2n) is 4.35. The molecule has 2 amide bonds. The number of aromatic carboxylic acids is 1. The first kappa shape index (κ1) is 17.1. The molecule has 0 fully saturated rings. The van der Waals surface area contributed by atoms with Crippen molar-refractivity contribution in [3.8, 4) is 5.75 Å². The number of nitrogens with one attached hydrogen (secondary N) is 1. The topological polar surface area (TPSA) is 78.9 Å². The Morgan fingerprint density at radius 3 is 2.52 bits per heavy atom. The van der Waals surface area contributed by atoms with Crippen molar-refractivity contribution in [2.24, 2.45) is 0 Å². The number of hydrogen-bond donors (Lipinski definition) is 2. The molecule has 0 unspecified atom stereocenters. The number of carbonyl (C=O) groups is 2. The van der Waals surface area contributed by atoms with Gasteiger partial charge < -0.3 is 20.1 Å². The zero-order valence-corrected chi connectivity index (χ0v) is 13.0. The first-order valence-corrected chi connectivity index (χ1v) is 6.99. The zero-order chi connectivity index (χ0) is 16.0. The molecule has 0 aliphatic rings. The van der Waals surface area contributed by atoms with Crippen LogP contribution in [0.4, 0.5) is 10.5 Å².